The molecule has 2 N–H and O–H groups in total. The van der Waals surface area contributed by atoms with Crippen molar-refractivity contribution in [2.24, 2.45) is 5.73 Å². The number of carbonyl (C=O) groups excluding carboxylic acids is 1. The summed E-state index contributed by atoms with van der Waals surface area (Å²) in [6.45, 7) is 0. The van der Waals surface area contributed by atoms with Crippen molar-refractivity contribution in [1.82, 2.24) is 9.38 Å². The van der Waals surface area contributed by atoms with Crippen LogP contribution in [0.15, 0.2) is 103 Å². The molecule has 4 heteroatoms. The summed E-state index contributed by atoms with van der Waals surface area (Å²) in [5.41, 5.74) is 12.8. The molecular formula is C26H19N3O. The molecule has 5 rings (SSSR count). The van der Waals surface area contributed by atoms with Gasteiger partial charge in [0.1, 0.15) is 5.65 Å². The van der Waals surface area contributed by atoms with Gasteiger partial charge in [-0.1, -0.05) is 72.8 Å². The first-order chi connectivity index (χ1) is 14.7. The predicted octanol–water partition coefficient (Wildman–Crippen LogP) is 5.43. The highest BCUT2D eigenvalue weighted by Crippen LogP contribution is 2.32. The molecule has 2 heterocycles. The Bertz CT molecular complexity index is 1360. The van der Waals surface area contributed by atoms with Gasteiger partial charge in [-0.3, -0.25) is 4.79 Å². The molecule has 3 aromatic carbocycles. The summed E-state index contributed by atoms with van der Waals surface area (Å²) in [6, 6.07) is 30.0. The summed E-state index contributed by atoms with van der Waals surface area (Å²) in [7, 11) is 0. The molecule has 5 aromatic rings. The third-order valence-corrected chi connectivity index (χ3v) is 5.19. The lowest BCUT2D eigenvalue weighted by molar-refractivity contribution is 0.100. The van der Waals surface area contributed by atoms with E-state index in [0.717, 1.165) is 39.2 Å². The number of primary amides is 1. The molecule has 0 spiro atoms. The second-order valence-electron chi connectivity index (χ2n) is 7.18. The fraction of sp³-hybridized carbons (Fsp3) is 0. The minimum absolute atomic E-state index is 0.447. The van der Waals surface area contributed by atoms with Gasteiger partial charge in [-0.2, -0.15) is 0 Å². The summed E-state index contributed by atoms with van der Waals surface area (Å²) < 4.78 is 2.05. The predicted molar refractivity (Wildman–Crippen MR) is 120 cm³/mol. The normalized spacial score (nSPS) is 10.9. The molecule has 1 amide bonds. The van der Waals surface area contributed by atoms with E-state index in [1.807, 2.05) is 54.7 Å². The minimum atomic E-state index is -0.447. The lowest BCUT2D eigenvalue weighted by Gasteiger charge is -2.09. The average molecular weight is 389 g/mol. The second-order valence-corrected chi connectivity index (χ2v) is 7.18. The van der Waals surface area contributed by atoms with Crippen molar-refractivity contribution in [3.05, 3.63) is 109 Å². The van der Waals surface area contributed by atoms with Crippen molar-refractivity contribution in [2.75, 3.05) is 0 Å². The number of nitrogens with two attached hydrogens (primary N) is 1. The monoisotopic (exact) mass is 389 g/mol. The summed E-state index contributed by atoms with van der Waals surface area (Å²) in [4.78, 5) is 16.5. The van der Waals surface area contributed by atoms with E-state index in [1.54, 1.807) is 12.1 Å². The molecule has 0 aliphatic carbocycles. The third kappa shape index (κ3) is 3.25. The fourth-order valence-corrected chi connectivity index (χ4v) is 3.69. The largest absolute Gasteiger partial charge is 0.366 e. The number of pyridine rings is 1. The molecule has 30 heavy (non-hydrogen) atoms. The molecule has 0 bridgehead atoms. The summed E-state index contributed by atoms with van der Waals surface area (Å²) in [6.07, 6.45) is 4.08. The van der Waals surface area contributed by atoms with Crippen LogP contribution in [0.5, 0.6) is 0 Å². The van der Waals surface area contributed by atoms with Gasteiger partial charge in [0.2, 0.25) is 5.91 Å². The zero-order valence-corrected chi connectivity index (χ0v) is 16.2. The molecule has 0 fully saturated rings. The van der Waals surface area contributed by atoms with Crippen LogP contribution in [0.4, 0.5) is 0 Å². The van der Waals surface area contributed by atoms with Gasteiger partial charge in [0, 0.05) is 29.1 Å². The highest BCUT2D eigenvalue weighted by molar-refractivity contribution is 5.94. The van der Waals surface area contributed by atoms with Crippen LogP contribution in [0.25, 0.3) is 39.2 Å². The summed E-state index contributed by atoms with van der Waals surface area (Å²) in [5, 5.41) is 0. The second kappa shape index (κ2) is 7.33. The number of hydrogen-bond donors (Lipinski definition) is 1. The van der Waals surface area contributed by atoms with Gasteiger partial charge in [0.25, 0.3) is 0 Å². The van der Waals surface area contributed by atoms with Gasteiger partial charge in [-0.25, -0.2) is 4.98 Å². The van der Waals surface area contributed by atoms with Crippen LogP contribution >= 0.6 is 0 Å². The number of carbonyl (C=O) groups is 1. The van der Waals surface area contributed by atoms with E-state index in [2.05, 4.69) is 40.9 Å². The molecule has 0 radical (unpaired) electrons. The highest BCUT2D eigenvalue weighted by atomic mass is 16.1. The minimum Gasteiger partial charge on any atom is -0.366 e. The first-order valence-electron chi connectivity index (χ1n) is 9.73. The Labute approximate surface area is 174 Å². The molecular weight excluding hydrogens is 370 g/mol. The Morgan fingerprint density at radius 3 is 2.07 bits per heavy atom. The van der Waals surface area contributed by atoms with Crippen molar-refractivity contribution in [1.29, 1.82) is 0 Å². The lowest BCUT2D eigenvalue weighted by atomic mass is 10.0. The van der Waals surface area contributed by atoms with E-state index in [9.17, 15) is 4.79 Å². The van der Waals surface area contributed by atoms with Crippen LogP contribution in [0.3, 0.4) is 0 Å². The topological polar surface area (TPSA) is 60.4 Å². The standard InChI is InChI=1S/C26H19N3O/c27-25(30)21-13-7-12-20(14-21)24-17-29-16-22(18-8-3-1-4-9-18)15-23(26(29)28-24)19-10-5-2-6-11-19/h1-17H,(H2,27,30). The van der Waals surface area contributed by atoms with E-state index in [1.165, 1.54) is 0 Å². The lowest BCUT2D eigenvalue weighted by Crippen LogP contribution is -2.10. The van der Waals surface area contributed by atoms with E-state index >= 15 is 0 Å². The van der Waals surface area contributed by atoms with Gasteiger partial charge in [-0.05, 0) is 34.9 Å². The number of aromatic nitrogens is 2. The molecule has 0 aliphatic rings. The van der Waals surface area contributed by atoms with Gasteiger partial charge in [-0.15, -0.1) is 0 Å². The van der Waals surface area contributed by atoms with Crippen LogP contribution in [0.2, 0.25) is 0 Å². The number of fused-ring (bicyclic) bond motifs is 1. The van der Waals surface area contributed by atoms with Gasteiger partial charge in [0.15, 0.2) is 0 Å². The Hall–Kier alpha value is -4.18. The van der Waals surface area contributed by atoms with Gasteiger partial charge in [0.05, 0.1) is 5.69 Å². The van der Waals surface area contributed by atoms with E-state index in [0.29, 0.717) is 5.56 Å². The van der Waals surface area contributed by atoms with Crippen LogP contribution in [0.1, 0.15) is 10.4 Å². The summed E-state index contributed by atoms with van der Waals surface area (Å²) in [5.74, 6) is -0.447. The number of hydrogen-bond acceptors (Lipinski definition) is 2. The van der Waals surface area contributed by atoms with Gasteiger partial charge < -0.3 is 10.1 Å². The number of imidazole rings is 1. The number of benzene rings is 3. The Balaban J connectivity index is 1.74. The number of nitrogens with zero attached hydrogens (tertiary/aromatic N) is 2. The molecule has 4 nitrogen and oxygen atoms in total. The van der Waals surface area contributed by atoms with E-state index in [-0.39, 0.29) is 0 Å². The summed E-state index contributed by atoms with van der Waals surface area (Å²) >= 11 is 0. The Kier molecular flexibility index (Phi) is 4.37. The van der Waals surface area contributed by atoms with Crippen LogP contribution in [-0.2, 0) is 0 Å². The first-order valence-corrected chi connectivity index (χ1v) is 9.73. The van der Waals surface area contributed by atoms with Crippen LogP contribution in [-0.4, -0.2) is 15.3 Å². The van der Waals surface area contributed by atoms with Crippen molar-refractivity contribution in [3.8, 4) is 33.5 Å². The zero-order chi connectivity index (χ0) is 20.5. The zero-order valence-electron chi connectivity index (χ0n) is 16.2. The molecule has 0 aliphatic heterocycles. The average Bonchev–Trinajstić information content (AvgIpc) is 3.24. The maximum absolute atomic E-state index is 11.6. The van der Waals surface area contributed by atoms with Crippen LogP contribution < -0.4 is 5.73 Å². The van der Waals surface area contributed by atoms with Crippen molar-refractivity contribution in [2.45, 2.75) is 0 Å². The quantitative estimate of drug-likeness (QED) is 0.445. The molecule has 144 valence electrons. The molecule has 2 aromatic heterocycles. The number of rotatable bonds is 4. The highest BCUT2D eigenvalue weighted by Gasteiger charge is 2.13. The fourth-order valence-electron chi connectivity index (χ4n) is 3.69. The molecule has 0 unspecified atom stereocenters. The maximum atomic E-state index is 11.6. The molecule has 0 saturated heterocycles. The van der Waals surface area contributed by atoms with Crippen molar-refractivity contribution in [3.63, 3.8) is 0 Å². The molecule has 0 saturated carbocycles. The van der Waals surface area contributed by atoms with Crippen LogP contribution in [0, 0.1) is 0 Å². The van der Waals surface area contributed by atoms with Crippen molar-refractivity contribution >= 4 is 11.6 Å². The Morgan fingerprint density at radius 2 is 1.37 bits per heavy atom. The number of amides is 1. The third-order valence-electron chi connectivity index (χ3n) is 5.19. The van der Waals surface area contributed by atoms with Gasteiger partial charge >= 0.3 is 0 Å². The SMILES string of the molecule is NC(=O)c1cccc(-c2cn3cc(-c4ccccc4)cc(-c4ccccc4)c3n2)c1. The smallest absolute Gasteiger partial charge is 0.248 e. The van der Waals surface area contributed by atoms with E-state index < -0.39 is 5.91 Å². The first kappa shape index (κ1) is 17.9. The Morgan fingerprint density at radius 1 is 0.700 bits per heavy atom. The van der Waals surface area contributed by atoms with Crippen molar-refractivity contribution < 1.29 is 4.79 Å². The maximum Gasteiger partial charge on any atom is 0.248 e. The van der Waals surface area contributed by atoms with E-state index in [4.69, 9.17) is 10.7 Å². The molecule has 0 atom stereocenters.